The van der Waals surface area contributed by atoms with E-state index in [-0.39, 0.29) is 0 Å². The van der Waals surface area contributed by atoms with E-state index in [0.717, 1.165) is 5.69 Å². The predicted octanol–water partition coefficient (Wildman–Crippen LogP) is 1.91. The molecule has 0 amide bonds. The Bertz CT molecular complexity index is 143. The van der Waals surface area contributed by atoms with Gasteiger partial charge in [0.05, 0.1) is 0 Å². The minimum atomic E-state index is 1.06. The Morgan fingerprint density at radius 3 is 2.22 bits per heavy atom. The van der Waals surface area contributed by atoms with Crippen molar-refractivity contribution >= 4 is 12.8 Å². The Labute approximate surface area is 61.5 Å². The molecule has 0 radical (unpaired) electrons. The Morgan fingerprint density at radius 1 is 1.56 bits per heavy atom. The van der Waals surface area contributed by atoms with E-state index in [1.807, 2.05) is 20.8 Å². The molecule has 0 unspecified atom stereocenters. The molecule has 52 valence electrons. The third-order valence-corrected chi connectivity index (χ3v) is 1.22. The quantitative estimate of drug-likeness (QED) is 0.551. The average molecular weight is 144 g/mol. The van der Waals surface area contributed by atoms with Gasteiger partial charge in [-0.25, -0.2) is 4.98 Å². The molecular weight excluding hydrogens is 132 g/mol. The molecule has 0 N–H and O–H groups in total. The lowest BCUT2D eigenvalue weighted by Gasteiger charge is -1.85. The SMILES string of the molecule is CC.Cc1cncn1S. The van der Waals surface area contributed by atoms with Crippen LogP contribution in [0.3, 0.4) is 0 Å². The van der Waals surface area contributed by atoms with Crippen molar-refractivity contribution in [2.75, 3.05) is 0 Å². The Balaban J connectivity index is 0.000000291. The lowest BCUT2D eigenvalue weighted by Crippen LogP contribution is -1.76. The molecule has 0 aromatic carbocycles. The fraction of sp³-hybridized carbons (Fsp3) is 0.500. The molecule has 3 heteroatoms. The molecule has 0 aliphatic heterocycles. The van der Waals surface area contributed by atoms with Crippen molar-refractivity contribution in [2.45, 2.75) is 20.8 Å². The highest BCUT2D eigenvalue weighted by atomic mass is 32.1. The first-order valence-corrected chi connectivity index (χ1v) is 3.39. The number of thiol groups is 1. The maximum atomic E-state index is 4.00. The van der Waals surface area contributed by atoms with Crippen molar-refractivity contribution in [2.24, 2.45) is 0 Å². The average Bonchev–Trinajstić information content (AvgIpc) is 2.23. The van der Waals surface area contributed by atoms with Gasteiger partial charge in [0.1, 0.15) is 6.33 Å². The van der Waals surface area contributed by atoms with Gasteiger partial charge in [-0.1, -0.05) is 26.7 Å². The Morgan fingerprint density at radius 2 is 2.11 bits per heavy atom. The van der Waals surface area contributed by atoms with Crippen LogP contribution in [-0.2, 0) is 0 Å². The van der Waals surface area contributed by atoms with Crippen LogP contribution < -0.4 is 0 Å². The van der Waals surface area contributed by atoms with Gasteiger partial charge in [-0.3, -0.25) is 3.97 Å². The van der Waals surface area contributed by atoms with Crippen molar-refractivity contribution in [3.8, 4) is 0 Å². The molecule has 0 aliphatic carbocycles. The smallest absolute Gasteiger partial charge is 0.105 e. The van der Waals surface area contributed by atoms with Gasteiger partial charge in [-0.15, -0.1) is 0 Å². The molecule has 1 heterocycles. The molecule has 0 atom stereocenters. The van der Waals surface area contributed by atoms with Crippen LogP contribution in [0.15, 0.2) is 12.5 Å². The highest BCUT2D eigenvalue weighted by Crippen LogP contribution is 1.95. The lowest BCUT2D eigenvalue weighted by molar-refractivity contribution is 1.18. The molecule has 1 aromatic heterocycles. The summed E-state index contributed by atoms with van der Waals surface area (Å²) in [6, 6.07) is 0. The van der Waals surface area contributed by atoms with Crippen LogP contribution in [-0.4, -0.2) is 8.96 Å². The van der Waals surface area contributed by atoms with Crippen LogP contribution in [0.1, 0.15) is 19.5 Å². The zero-order chi connectivity index (χ0) is 7.28. The van der Waals surface area contributed by atoms with Crippen LogP contribution >= 0.6 is 12.8 Å². The number of hydrogen-bond donors (Lipinski definition) is 1. The third kappa shape index (κ3) is 2.56. The van der Waals surface area contributed by atoms with Gasteiger partial charge in [0.15, 0.2) is 0 Å². The van der Waals surface area contributed by atoms with E-state index in [0.29, 0.717) is 0 Å². The molecule has 0 bridgehead atoms. The normalized spacial score (nSPS) is 8.00. The van der Waals surface area contributed by atoms with Crippen LogP contribution in [0.5, 0.6) is 0 Å². The molecule has 0 fully saturated rings. The van der Waals surface area contributed by atoms with E-state index < -0.39 is 0 Å². The first kappa shape index (κ1) is 8.56. The van der Waals surface area contributed by atoms with Crippen molar-refractivity contribution < 1.29 is 0 Å². The number of aromatic nitrogens is 2. The molecule has 0 saturated heterocycles. The molecule has 9 heavy (non-hydrogen) atoms. The minimum Gasteiger partial charge on any atom is -0.280 e. The third-order valence-electron chi connectivity index (χ3n) is 0.799. The summed E-state index contributed by atoms with van der Waals surface area (Å²) in [5.41, 5.74) is 1.06. The highest BCUT2D eigenvalue weighted by molar-refractivity contribution is 7.78. The second-order valence-electron chi connectivity index (χ2n) is 1.38. The second-order valence-corrected chi connectivity index (χ2v) is 1.81. The highest BCUT2D eigenvalue weighted by Gasteiger charge is 1.84. The summed E-state index contributed by atoms with van der Waals surface area (Å²) < 4.78 is 1.67. The summed E-state index contributed by atoms with van der Waals surface area (Å²) >= 11 is 4.00. The van der Waals surface area contributed by atoms with Crippen LogP contribution in [0.2, 0.25) is 0 Å². The molecule has 2 nitrogen and oxygen atoms in total. The van der Waals surface area contributed by atoms with E-state index in [2.05, 4.69) is 17.8 Å². The van der Waals surface area contributed by atoms with E-state index in [4.69, 9.17) is 0 Å². The van der Waals surface area contributed by atoms with Crippen molar-refractivity contribution in [3.05, 3.63) is 18.2 Å². The summed E-state index contributed by atoms with van der Waals surface area (Å²) in [4.78, 5) is 3.81. The zero-order valence-corrected chi connectivity index (χ0v) is 6.89. The topological polar surface area (TPSA) is 17.8 Å². The standard InChI is InChI=1S/C4H6N2S.C2H6/c1-4-2-5-3-6(4)7;1-2/h2-3,7H,1H3;1-2H3. The van der Waals surface area contributed by atoms with Crippen LogP contribution in [0.25, 0.3) is 0 Å². The van der Waals surface area contributed by atoms with Crippen molar-refractivity contribution in [3.63, 3.8) is 0 Å². The summed E-state index contributed by atoms with van der Waals surface area (Å²) in [7, 11) is 0. The number of imidazole rings is 1. The fourth-order valence-corrected chi connectivity index (χ4v) is 0.466. The first-order valence-electron chi connectivity index (χ1n) is 2.99. The fourth-order valence-electron chi connectivity index (χ4n) is 0.355. The van der Waals surface area contributed by atoms with Gasteiger partial charge >= 0.3 is 0 Å². The maximum absolute atomic E-state index is 4.00. The van der Waals surface area contributed by atoms with E-state index in [9.17, 15) is 0 Å². The van der Waals surface area contributed by atoms with E-state index in [1.165, 1.54) is 0 Å². The summed E-state index contributed by atoms with van der Waals surface area (Å²) in [6.07, 6.45) is 3.41. The summed E-state index contributed by atoms with van der Waals surface area (Å²) in [5.74, 6) is 0. The Hall–Kier alpha value is -0.440. The predicted molar refractivity (Wildman–Crippen MR) is 42.7 cm³/mol. The molecule has 0 aliphatic rings. The van der Waals surface area contributed by atoms with Crippen molar-refractivity contribution in [1.29, 1.82) is 0 Å². The molecule has 0 saturated carbocycles. The van der Waals surface area contributed by atoms with Crippen molar-refractivity contribution in [1.82, 2.24) is 8.96 Å². The monoisotopic (exact) mass is 144 g/mol. The van der Waals surface area contributed by atoms with Gasteiger partial charge in [-0.05, 0) is 6.92 Å². The van der Waals surface area contributed by atoms with Gasteiger partial charge in [-0.2, -0.15) is 0 Å². The Kier molecular flexibility index (Phi) is 4.22. The van der Waals surface area contributed by atoms with Gasteiger partial charge < -0.3 is 0 Å². The molecule has 1 rings (SSSR count). The van der Waals surface area contributed by atoms with E-state index >= 15 is 0 Å². The zero-order valence-electron chi connectivity index (χ0n) is 6.00. The molecule has 1 aromatic rings. The largest absolute Gasteiger partial charge is 0.280 e. The lowest BCUT2D eigenvalue weighted by atomic mass is 10.6. The number of rotatable bonds is 0. The van der Waals surface area contributed by atoms with Crippen LogP contribution in [0, 0.1) is 6.92 Å². The molecular formula is C6H12N2S. The second kappa shape index (κ2) is 4.44. The maximum Gasteiger partial charge on any atom is 0.105 e. The number of hydrogen-bond acceptors (Lipinski definition) is 2. The van der Waals surface area contributed by atoms with Gasteiger partial charge in [0.2, 0.25) is 0 Å². The summed E-state index contributed by atoms with van der Waals surface area (Å²) in [6.45, 7) is 5.94. The van der Waals surface area contributed by atoms with Gasteiger partial charge in [0.25, 0.3) is 0 Å². The number of aryl methyl sites for hydroxylation is 1. The van der Waals surface area contributed by atoms with Gasteiger partial charge in [0, 0.05) is 11.9 Å². The number of nitrogens with zero attached hydrogens (tertiary/aromatic N) is 2. The van der Waals surface area contributed by atoms with E-state index in [1.54, 1.807) is 16.5 Å². The van der Waals surface area contributed by atoms with Crippen LogP contribution in [0.4, 0.5) is 0 Å². The first-order chi connectivity index (χ1) is 4.30. The molecule has 0 spiro atoms. The minimum absolute atomic E-state index is 1.06. The summed E-state index contributed by atoms with van der Waals surface area (Å²) in [5, 5.41) is 0.